The molecular weight excluding hydrogens is 221 g/mol. The fourth-order valence-corrected chi connectivity index (χ4v) is 1.44. The second-order valence-corrected chi connectivity index (χ2v) is 3.61. The van der Waals surface area contributed by atoms with E-state index in [-0.39, 0.29) is 12.2 Å². The van der Waals surface area contributed by atoms with E-state index in [1.54, 1.807) is 0 Å². The molecule has 0 aliphatic rings. The number of halogens is 3. The van der Waals surface area contributed by atoms with Crippen LogP contribution in [0.25, 0.3) is 0 Å². The maximum atomic E-state index is 11.7. The van der Waals surface area contributed by atoms with Gasteiger partial charge in [0.1, 0.15) is 0 Å². The average molecular weight is 232 g/mol. The number of carbonyl (C=O) groups is 1. The number of hydrogen-bond acceptors (Lipinski definition) is 4. The van der Waals surface area contributed by atoms with Crippen LogP contribution in [-0.4, -0.2) is 42.0 Å². The third-order valence-electron chi connectivity index (χ3n) is 1.33. The largest absolute Gasteiger partial charge is 0.469 e. The monoisotopic (exact) mass is 232 g/mol. The molecule has 1 N–H and O–H groups in total. The van der Waals surface area contributed by atoms with Crippen LogP contribution in [0.4, 0.5) is 13.2 Å². The molecule has 1 atom stereocenters. The van der Waals surface area contributed by atoms with Crippen LogP contribution in [0.2, 0.25) is 0 Å². The van der Waals surface area contributed by atoms with Crippen molar-refractivity contribution in [1.29, 1.82) is 0 Å². The van der Waals surface area contributed by atoms with Crippen LogP contribution in [0.3, 0.4) is 0 Å². The van der Waals surface area contributed by atoms with Crippen molar-refractivity contribution in [3.05, 3.63) is 0 Å². The second kappa shape index (κ2) is 6.13. The van der Waals surface area contributed by atoms with Crippen molar-refractivity contribution in [2.75, 3.05) is 18.6 Å². The minimum Gasteiger partial charge on any atom is -0.469 e. The molecule has 3 nitrogen and oxygen atoms in total. The average Bonchev–Trinajstić information content (AvgIpc) is 2.09. The zero-order chi connectivity index (χ0) is 11.2. The zero-order valence-corrected chi connectivity index (χ0v) is 8.32. The highest BCUT2D eigenvalue weighted by Gasteiger charge is 2.37. The molecular formula is C7H11F3O3S. The first-order valence-electron chi connectivity index (χ1n) is 3.77. The van der Waals surface area contributed by atoms with Gasteiger partial charge in [0.15, 0.2) is 6.10 Å². The fraction of sp³-hybridized carbons (Fsp3) is 0.857. The van der Waals surface area contributed by atoms with Crippen molar-refractivity contribution >= 4 is 17.7 Å². The summed E-state index contributed by atoms with van der Waals surface area (Å²) in [5, 5.41) is 8.55. The number of aliphatic hydroxyl groups excluding tert-OH is 1. The molecule has 7 heteroatoms. The van der Waals surface area contributed by atoms with Crippen LogP contribution < -0.4 is 0 Å². The van der Waals surface area contributed by atoms with Crippen LogP contribution in [0, 0.1) is 0 Å². The lowest BCUT2D eigenvalue weighted by Gasteiger charge is -2.13. The summed E-state index contributed by atoms with van der Waals surface area (Å²) < 4.78 is 39.5. The summed E-state index contributed by atoms with van der Waals surface area (Å²) in [7, 11) is 1.21. The summed E-state index contributed by atoms with van der Waals surface area (Å²) in [6.07, 6.45) is -6.87. The maximum Gasteiger partial charge on any atom is 0.415 e. The zero-order valence-electron chi connectivity index (χ0n) is 7.50. The maximum absolute atomic E-state index is 11.7. The minimum absolute atomic E-state index is 0.0474. The number of thioether (sulfide) groups is 1. The molecule has 0 spiro atoms. The Hall–Kier alpha value is -0.430. The Balaban J connectivity index is 3.50. The summed E-state index contributed by atoms with van der Waals surface area (Å²) in [5.41, 5.74) is 0. The molecule has 0 amide bonds. The fourth-order valence-electron chi connectivity index (χ4n) is 0.547. The Morgan fingerprint density at radius 2 is 2.14 bits per heavy atom. The van der Waals surface area contributed by atoms with E-state index in [9.17, 15) is 18.0 Å². The van der Waals surface area contributed by atoms with E-state index in [0.717, 1.165) is 11.8 Å². The number of hydrogen-bond donors (Lipinski definition) is 1. The highest BCUT2D eigenvalue weighted by molar-refractivity contribution is 7.99. The number of aliphatic hydroxyl groups is 1. The molecule has 0 radical (unpaired) electrons. The van der Waals surface area contributed by atoms with E-state index in [0.29, 0.717) is 0 Å². The van der Waals surface area contributed by atoms with Gasteiger partial charge in [-0.15, -0.1) is 0 Å². The van der Waals surface area contributed by atoms with Gasteiger partial charge in [-0.3, -0.25) is 4.79 Å². The lowest BCUT2D eigenvalue weighted by Crippen LogP contribution is -2.30. The van der Waals surface area contributed by atoms with Gasteiger partial charge in [-0.05, 0) is 0 Å². The lowest BCUT2D eigenvalue weighted by atomic mass is 10.4. The molecule has 1 unspecified atom stereocenters. The Labute approximate surface area is 83.6 Å². The predicted octanol–water partition coefficient (Wildman–Crippen LogP) is 1.21. The number of carbonyl (C=O) groups excluding carboxylic acids is 1. The van der Waals surface area contributed by atoms with Gasteiger partial charge in [0, 0.05) is 11.5 Å². The Bertz CT molecular complexity index is 184. The molecule has 0 aromatic carbocycles. The molecule has 84 valence electrons. The summed E-state index contributed by atoms with van der Waals surface area (Å²) in [5.74, 6) is -0.723. The van der Waals surface area contributed by atoms with Crippen LogP contribution in [0.15, 0.2) is 0 Å². The normalized spacial score (nSPS) is 13.8. The standard InChI is InChI=1S/C7H11F3O3S/c1-13-6(12)2-3-14-4-5(11)7(8,9)10/h5,11H,2-4H2,1H3. The Morgan fingerprint density at radius 1 is 1.57 bits per heavy atom. The summed E-state index contributed by atoms with van der Waals surface area (Å²) in [4.78, 5) is 10.5. The first-order chi connectivity index (χ1) is 6.38. The Kier molecular flexibility index (Phi) is 5.94. The van der Waals surface area contributed by atoms with E-state index in [1.807, 2.05) is 0 Å². The van der Waals surface area contributed by atoms with E-state index in [1.165, 1.54) is 7.11 Å². The van der Waals surface area contributed by atoms with E-state index in [2.05, 4.69) is 4.74 Å². The first kappa shape index (κ1) is 13.6. The molecule has 0 heterocycles. The molecule has 0 fully saturated rings. The lowest BCUT2D eigenvalue weighted by molar-refractivity contribution is -0.195. The van der Waals surface area contributed by atoms with Crippen LogP contribution >= 0.6 is 11.8 Å². The first-order valence-corrected chi connectivity index (χ1v) is 4.92. The van der Waals surface area contributed by atoms with E-state index >= 15 is 0 Å². The number of esters is 1. The molecule has 0 saturated carbocycles. The van der Waals surface area contributed by atoms with Gasteiger partial charge < -0.3 is 9.84 Å². The smallest absolute Gasteiger partial charge is 0.415 e. The molecule has 0 saturated heterocycles. The van der Waals surface area contributed by atoms with Gasteiger partial charge in [0.2, 0.25) is 0 Å². The van der Waals surface area contributed by atoms with Crippen molar-refractivity contribution < 1.29 is 27.8 Å². The highest BCUT2D eigenvalue weighted by Crippen LogP contribution is 2.22. The quantitative estimate of drug-likeness (QED) is 0.571. The van der Waals surface area contributed by atoms with Gasteiger partial charge >= 0.3 is 12.1 Å². The molecule has 0 rings (SSSR count). The SMILES string of the molecule is COC(=O)CCSCC(O)C(F)(F)F. The topological polar surface area (TPSA) is 46.5 Å². The van der Waals surface area contributed by atoms with Crippen molar-refractivity contribution in [2.45, 2.75) is 18.7 Å². The van der Waals surface area contributed by atoms with Crippen molar-refractivity contribution in [1.82, 2.24) is 0 Å². The minimum atomic E-state index is -4.59. The van der Waals surface area contributed by atoms with Gasteiger partial charge in [-0.2, -0.15) is 24.9 Å². The van der Waals surface area contributed by atoms with Gasteiger partial charge in [0.05, 0.1) is 13.5 Å². The van der Waals surface area contributed by atoms with Crippen LogP contribution in [0.5, 0.6) is 0 Å². The molecule has 0 aromatic rings. The third kappa shape index (κ3) is 6.09. The highest BCUT2D eigenvalue weighted by atomic mass is 32.2. The molecule has 14 heavy (non-hydrogen) atoms. The van der Waals surface area contributed by atoms with Crippen LogP contribution in [0.1, 0.15) is 6.42 Å². The number of rotatable bonds is 5. The third-order valence-corrected chi connectivity index (χ3v) is 2.38. The van der Waals surface area contributed by atoms with Crippen molar-refractivity contribution in [3.63, 3.8) is 0 Å². The summed E-state index contributed by atoms with van der Waals surface area (Å²) >= 11 is 0.861. The van der Waals surface area contributed by atoms with Gasteiger partial charge in [0.25, 0.3) is 0 Å². The van der Waals surface area contributed by atoms with Crippen molar-refractivity contribution in [2.24, 2.45) is 0 Å². The second-order valence-electron chi connectivity index (χ2n) is 2.46. The summed E-state index contributed by atoms with van der Waals surface area (Å²) in [6, 6.07) is 0. The predicted molar refractivity (Wildman–Crippen MR) is 46.0 cm³/mol. The number of alkyl halides is 3. The van der Waals surface area contributed by atoms with Gasteiger partial charge in [-0.1, -0.05) is 0 Å². The van der Waals surface area contributed by atoms with E-state index < -0.39 is 24.0 Å². The summed E-state index contributed by atoms with van der Waals surface area (Å²) in [6.45, 7) is 0. The number of methoxy groups -OCH3 is 1. The van der Waals surface area contributed by atoms with Gasteiger partial charge in [-0.25, -0.2) is 0 Å². The molecule has 0 aliphatic carbocycles. The van der Waals surface area contributed by atoms with Crippen LogP contribution in [-0.2, 0) is 9.53 Å². The molecule has 0 aromatic heterocycles. The van der Waals surface area contributed by atoms with Crippen molar-refractivity contribution in [3.8, 4) is 0 Å². The molecule has 0 bridgehead atoms. The Morgan fingerprint density at radius 3 is 2.57 bits per heavy atom. The molecule has 0 aliphatic heterocycles. The number of ether oxygens (including phenoxy) is 1. The van der Waals surface area contributed by atoms with E-state index in [4.69, 9.17) is 5.11 Å².